The van der Waals surface area contributed by atoms with Crippen LogP contribution in [-0.2, 0) is 16.2 Å². The Kier molecular flexibility index (Phi) is 8.72. The molecule has 1 aliphatic rings. The molecule has 0 amide bonds. The van der Waals surface area contributed by atoms with Gasteiger partial charge in [0.1, 0.15) is 17.3 Å². The molecule has 90 heavy (non-hydrogen) atoms. The predicted octanol–water partition coefficient (Wildman–Crippen LogP) is 18.2. The first kappa shape index (κ1) is 36.4. The van der Waals surface area contributed by atoms with Gasteiger partial charge in [-0.2, -0.15) is 0 Å². The highest BCUT2D eigenvalue weighted by Crippen LogP contribution is 2.46. The topological polar surface area (TPSA) is 35.9 Å². The first-order chi connectivity index (χ1) is 53.0. The molecule has 6 heteroatoms. The fourth-order valence-electron chi connectivity index (χ4n) is 12.5. The standard InChI is InChI=1S/C84H72N4OSi/c1-82(2,3)58-45-46-85-79(52-58)88-75-41-24-23-39-71(75)72-44-43-63(54-76(72)88)89-62-28-25-27-61(53-62)86-55-87-80-74(49-57(50-77(80)86)56-47-59(83(4,5)6)51-60(48-56)84(7,8)9)70-38-22-20-36-68(70)67-35-19-21-37-69(67)73-40-26-42-78(81(73)87)90(64-29-13-10-14-30-64,65-31-15-11-16-32-65)66-33-17-12-18-34-66/h10-54H,1-9H3/i10D,11D,12D,13D,14D,15D,16D,17D,18D,19D,20D,21D,22D,29D,30D,31D,32D,33D,34D,35D,36D,37D,38D. The van der Waals surface area contributed by atoms with E-state index in [1.807, 2.05) is 66.7 Å². The monoisotopic (exact) mass is 1200 g/mol. The van der Waals surface area contributed by atoms with Gasteiger partial charge in [0.15, 0.2) is 8.07 Å². The number of hydrogen-bond donors (Lipinski definition) is 0. The van der Waals surface area contributed by atoms with Crippen LogP contribution in [0.4, 0.5) is 0 Å². The minimum atomic E-state index is -6.29. The number of hydrogen-bond acceptors (Lipinski definition) is 2. The largest absolute Gasteiger partial charge is 0.458 e. The zero-order valence-electron chi connectivity index (χ0n) is 73.9. The summed E-state index contributed by atoms with van der Waals surface area (Å²) in [4.78, 5) is 4.89. The van der Waals surface area contributed by atoms with E-state index in [2.05, 4.69) is 85.3 Å². The Bertz CT molecular complexity index is 6260. The molecular weight excluding hydrogens is 1110 g/mol. The van der Waals surface area contributed by atoms with Crippen molar-refractivity contribution in [3.8, 4) is 73.2 Å². The molecule has 11 aromatic carbocycles. The molecule has 0 bridgehead atoms. The Balaban J connectivity index is 1.18. The number of pyridine rings is 1. The van der Waals surface area contributed by atoms with E-state index in [9.17, 15) is 27.4 Å². The van der Waals surface area contributed by atoms with Gasteiger partial charge in [0.2, 0.25) is 0 Å². The van der Waals surface area contributed by atoms with Crippen molar-refractivity contribution in [2.45, 2.75) is 78.6 Å². The molecule has 0 atom stereocenters. The third-order valence-electron chi connectivity index (χ3n) is 17.0. The summed E-state index contributed by atoms with van der Waals surface area (Å²) in [5.74, 6) is 1.32. The second-order valence-corrected chi connectivity index (χ2v) is 29.2. The van der Waals surface area contributed by atoms with Gasteiger partial charge in [-0.3, -0.25) is 13.7 Å². The SMILES string of the molecule is [2H]c1c([2H])c([2H])c([Si](c2cccc3c2-[n+]2[c-]n(-c4cccc(Oc5ccc6c7ccccc7n(-c7cc(C(C)(C)C)ccn7)c6c5)c4)c4cc(-c5cc(C(C)(C)C)cc(C(C)(C)C)c5)cc(c42)-c2c([2H])c([2H])c([2H])c([2H])c2-c2c([2H])c([2H])c([2H])c([2H])c2-3)(c2c([2H])c([2H])c([2H])c([2H])c2[2H])c2c([2H])c([2H])c([2H])c([2H])c2[2H])c([2H])c1[2H]. The highest BCUT2D eigenvalue weighted by Gasteiger charge is 2.44. The molecule has 5 nitrogen and oxygen atoms in total. The van der Waals surface area contributed by atoms with Gasteiger partial charge in [-0.05, 0) is 153 Å². The van der Waals surface area contributed by atoms with Crippen LogP contribution in [0.5, 0.6) is 11.5 Å². The van der Waals surface area contributed by atoms with Crippen molar-refractivity contribution in [3.05, 3.63) is 296 Å². The second kappa shape index (κ2) is 21.6. The molecule has 0 radical (unpaired) electrons. The van der Waals surface area contributed by atoms with Gasteiger partial charge in [0, 0.05) is 23.0 Å². The van der Waals surface area contributed by atoms with Gasteiger partial charge in [0.05, 0.1) is 65.0 Å². The van der Waals surface area contributed by atoms with Crippen LogP contribution in [-0.4, -0.2) is 22.2 Å². The lowest BCUT2D eigenvalue weighted by atomic mass is 9.78. The summed E-state index contributed by atoms with van der Waals surface area (Å²) in [5, 5.41) is -1.21. The van der Waals surface area contributed by atoms with Crippen molar-refractivity contribution in [3.63, 3.8) is 0 Å². The minimum absolute atomic E-state index is 0.0559. The summed E-state index contributed by atoms with van der Waals surface area (Å²) in [6.07, 6.45) is 5.35. The van der Waals surface area contributed by atoms with Gasteiger partial charge in [-0.25, -0.2) is 4.98 Å². The van der Waals surface area contributed by atoms with E-state index < -0.39 is 201 Å². The molecule has 0 fully saturated rings. The van der Waals surface area contributed by atoms with Crippen molar-refractivity contribution >= 4 is 61.7 Å². The molecule has 0 aliphatic carbocycles. The average molecular weight is 1200 g/mol. The molecule has 3 aromatic heterocycles. The third-order valence-corrected chi connectivity index (χ3v) is 21.2. The summed E-state index contributed by atoms with van der Waals surface area (Å²) in [5.41, 5.74) is 2.18. The number of nitrogens with zero attached hydrogens (tertiary/aromatic N) is 4. The van der Waals surface area contributed by atoms with Crippen LogP contribution in [0.1, 0.15) is 111 Å². The summed E-state index contributed by atoms with van der Waals surface area (Å²) >= 11 is 0. The van der Waals surface area contributed by atoms with E-state index in [0.29, 0.717) is 22.7 Å². The van der Waals surface area contributed by atoms with E-state index in [-0.39, 0.29) is 44.6 Å². The van der Waals surface area contributed by atoms with Crippen LogP contribution in [0.15, 0.2) is 273 Å². The molecule has 0 saturated heterocycles. The smallest absolute Gasteiger partial charge is 0.269 e. The molecule has 0 N–H and O–H groups in total. The highest BCUT2D eigenvalue weighted by molar-refractivity contribution is 7.20. The number of aromatic nitrogens is 4. The number of benzene rings is 11. The number of para-hydroxylation sites is 2. The van der Waals surface area contributed by atoms with Gasteiger partial charge in [-0.15, -0.1) is 0 Å². The van der Waals surface area contributed by atoms with Crippen molar-refractivity contribution in [1.29, 1.82) is 0 Å². The Morgan fingerprint density at radius 1 is 0.433 bits per heavy atom. The summed E-state index contributed by atoms with van der Waals surface area (Å²) < 4.78 is 237. The van der Waals surface area contributed by atoms with E-state index in [4.69, 9.17) is 13.8 Å². The van der Waals surface area contributed by atoms with Crippen molar-refractivity contribution in [1.82, 2.24) is 14.1 Å². The Hall–Kier alpha value is -10.1. The lowest BCUT2D eigenvalue weighted by Crippen LogP contribution is -2.76. The Morgan fingerprint density at radius 2 is 0.967 bits per heavy atom. The molecule has 14 aromatic rings. The summed E-state index contributed by atoms with van der Waals surface area (Å²) in [7, 11) is -6.29. The first-order valence-electron chi connectivity index (χ1n) is 41.1. The fraction of sp³-hybridized carbons (Fsp3) is 0.143. The number of rotatable bonds is 9. The molecule has 15 rings (SSSR count). The second-order valence-electron chi connectivity index (χ2n) is 25.7. The van der Waals surface area contributed by atoms with Crippen molar-refractivity contribution in [2.24, 2.45) is 0 Å². The van der Waals surface area contributed by atoms with Gasteiger partial charge >= 0.3 is 0 Å². The highest BCUT2D eigenvalue weighted by atomic mass is 28.3. The zero-order chi connectivity index (χ0) is 81.7. The van der Waals surface area contributed by atoms with Crippen LogP contribution in [0.2, 0.25) is 0 Å². The first-order valence-corrected chi connectivity index (χ1v) is 31.6. The van der Waals surface area contributed by atoms with Crippen molar-refractivity contribution in [2.75, 3.05) is 0 Å². The van der Waals surface area contributed by atoms with Crippen LogP contribution in [0.25, 0.3) is 94.5 Å². The Labute approximate surface area is 562 Å². The van der Waals surface area contributed by atoms with E-state index in [0.717, 1.165) is 38.5 Å². The van der Waals surface area contributed by atoms with Crippen LogP contribution in [0, 0.1) is 6.33 Å². The lowest BCUT2D eigenvalue weighted by molar-refractivity contribution is -0.570. The summed E-state index contributed by atoms with van der Waals surface area (Å²) in [6.45, 7) is 18.7. The molecule has 0 spiro atoms. The van der Waals surface area contributed by atoms with Gasteiger partial charge in [-0.1, -0.05) is 268 Å². The van der Waals surface area contributed by atoms with Crippen LogP contribution < -0.4 is 30.1 Å². The van der Waals surface area contributed by atoms with Gasteiger partial charge < -0.3 is 4.74 Å². The lowest BCUT2D eigenvalue weighted by Gasteiger charge is -2.37. The quantitative estimate of drug-likeness (QED) is 0.0625. The number of imidazole rings is 1. The maximum absolute atomic E-state index is 10.4. The fourth-order valence-corrected chi connectivity index (χ4v) is 16.5. The summed E-state index contributed by atoms with van der Waals surface area (Å²) in [6, 6.07) is 16.1. The molecule has 1 aliphatic heterocycles. The van der Waals surface area contributed by atoms with Crippen LogP contribution >= 0.6 is 0 Å². The Morgan fingerprint density at radius 3 is 1.58 bits per heavy atom. The van der Waals surface area contributed by atoms with Crippen LogP contribution in [0.3, 0.4) is 0 Å². The van der Waals surface area contributed by atoms with Gasteiger partial charge in [0.25, 0.3) is 6.33 Å². The maximum Gasteiger partial charge on any atom is 0.269 e. The number of ether oxygens (including phenoxy) is 1. The normalized spacial score (nSPS) is 16.1. The zero-order valence-corrected chi connectivity index (χ0v) is 51.9. The molecule has 438 valence electrons. The molecule has 0 saturated carbocycles. The maximum atomic E-state index is 10.4. The predicted molar refractivity (Wildman–Crippen MR) is 377 cm³/mol. The van der Waals surface area contributed by atoms with E-state index in [1.54, 1.807) is 41.1 Å². The molecule has 0 unspecified atom stereocenters. The third kappa shape index (κ3) is 9.51. The molecular formula is C84H72N4OSi. The van der Waals surface area contributed by atoms with E-state index in [1.165, 1.54) is 22.8 Å². The van der Waals surface area contributed by atoms with Crippen molar-refractivity contribution < 1.29 is 40.8 Å². The molecule has 4 heterocycles. The number of fused-ring (bicyclic) bond motifs is 10. The average Bonchev–Trinajstić information content (AvgIpc) is 1.59. The minimum Gasteiger partial charge on any atom is -0.458 e. The van der Waals surface area contributed by atoms with E-state index >= 15 is 0 Å².